The Morgan fingerprint density at radius 2 is 1.74 bits per heavy atom. The molecule has 1 fully saturated rings. The number of hydrogen-bond donors (Lipinski definition) is 1. The number of likely N-dealkylation sites (tertiary alicyclic amines) is 1. The lowest BCUT2D eigenvalue weighted by atomic mass is 9.96. The summed E-state index contributed by atoms with van der Waals surface area (Å²) in [5, 5.41) is 9.63. The summed E-state index contributed by atoms with van der Waals surface area (Å²) >= 11 is 0. The first-order valence-corrected chi connectivity index (χ1v) is 10.8. The molecule has 0 saturated carbocycles. The molecule has 2 aromatic carbocycles. The van der Waals surface area contributed by atoms with Crippen molar-refractivity contribution >= 4 is 17.4 Å². The highest BCUT2D eigenvalue weighted by atomic mass is 19.1. The van der Waals surface area contributed by atoms with Gasteiger partial charge in [-0.1, -0.05) is 42.0 Å². The van der Waals surface area contributed by atoms with E-state index in [-0.39, 0.29) is 36.7 Å². The molecule has 2 amide bonds. The van der Waals surface area contributed by atoms with Gasteiger partial charge in [0.1, 0.15) is 11.5 Å². The molecule has 1 N–H and O–H groups in total. The van der Waals surface area contributed by atoms with Gasteiger partial charge in [0.25, 0.3) is 11.8 Å². The van der Waals surface area contributed by atoms with Gasteiger partial charge in [-0.15, -0.1) is 0 Å². The van der Waals surface area contributed by atoms with Gasteiger partial charge in [0.05, 0.1) is 5.57 Å². The molecular weight excluding hydrogens is 395 g/mol. The van der Waals surface area contributed by atoms with E-state index in [4.69, 9.17) is 0 Å². The Morgan fingerprint density at radius 3 is 2.42 bits per heavy atom. The summed E-state index contributed by atoms with van der Waals surface area (Å²) in [6.07, 6.45) is 2.25. The molecule has 1 saturated heterocycles. The molecule has 5 nitrogen and oxygen atoms in total. The quantitative estimate of drug-likeness (QED) is 0.727. The van der Waals surface area contributed by atoms with Gasteiger partial charge < -0.3 is 10.0 Å². The predicted octanol–water partition coefficient (Wildman–Crippen LogP) is 3.16. The number of rotatable bonds is 6. The van der Waals surface area contributed by atoms with E-state index >= 15 is 0 Å². The Bertz CT molecular complexity index is 998. The minimum absolute atomic E-state index is 0.0695. The van der Waals surface area contributed by atoms with Crippen LogP contribution in [0.2, 0.25) is 0 Å². The van der Waals surface area contributed by atoms with Crippen LogP contribution in [0.3, 0.4) is 0 Å². The maximum absolute atomic E-state index is 13.4. The first-order chi connectivity index (χ1) is 15.0. The molecule has 2 heterocycles. The summed E-state index contributed by atoms with van der Waals surface area (Å²) < 4.78 is 13.2. The van der Waals surface area contributed by atoms with Gasteiger partial charge in [-0.25, -0.2) is 4.39 Å². The summed E-state index contributed by atoms with van der Waals surface area (Å²) in [4.78, 5) is 30.1. The molecule has 2 aromatic rings. The number of benzene rings is 2. The van der Waals surface area contributed by atoms with Crippen LogP contribution < -0.4 is 0 Å². The SMILES string of the molecule is Cc1ccc(C2=C(N3CCCC(CO)C3)C(=O)N(CCc3ccc(F)cc3)C2=O)cc1. The molecule has 162 valence electrons. The maximum atomic E-state index is 13.4. The van der Waals surface area contributed by atoms with E-state index in [0.717, 1.165) is 29.5 Å². The van der Waals surface area contributed by atoms with E-state index in [1.807, 2.05) is 36.1 Å². The molecule has 31 heavy (non-hydrogen) atoms. The highest BCUT2D eigenvalue weighted by Crippen LogP contribution is 2.34. The van der Waals surface area contributed by atoms with E-state index in [1.54, 1.807) is 12.1 Å². The molecular formula is C25H27FN2O3. The van der Waals surface area contributed by atoms with Crippen molar-refractivity contribution in [1.29, 1.82) is 0 Å². The number of aryl methyl sites for hydroxylation is 1. The average molecular weight is 423 g/mol. The maximum Gasteiger partial charge on any atom is 0.277 e. The van der Waals surface area contributed by atoms with Crippen LogP contribution in [0.15, 0.2) is 54.2 Å². The van der Waals surface area contributed by atoms with Crippen LogP contribution in [-0.4, -0.2) is 53.0 Å². The first-order valence-electron chi connectivity index (χ1n) is 10.8. The van der Waals surface area contributed by atoms with Crippen LogP contribution in [0.5, 0.6) is 0 Å². The zero-order chi connectivity index (χ0) is 22.0. The minimum atomic E-state index is -0.314. The van der Waals surface area contributed by atoms with Gasteiger partial charge in [-0.2, -0.15) is 0 Å². The van der Waals surface area contributed by atoms with Crippen LogP contribution in [0.1, 0.15) is 29.5 Å². The molecule has 0 aromatic heterocycles. The zero-order valence-electron chi connectivity index (χ0n) is 17.7. The number of aliphatic hydroxyl groups excluding tert-OH is 1. The number of carbonyl (C=O) groups is 2. The van der Waals surface area contributed by atoms with Crippen molar-refractivity contribution in [2.24, 2.45) is 5.92 Å². The fourth-order valence-corrected chi connectivity index (χ4v) is 4.35. The van der Waals surface area contributed by atoms with Gasteiger partial charge in [0, 0.05) is 26.2 Å². The second kappa shape index (κ2) is 9.02. The van der Waals surface area contributed by atoms with Crippen LogP contribution >= 0.6 is 0 Å². The number of carbonyl (C=O) groups excluding carboxylic acids is 2. The second-order valence-electron chi connectivity index (χ2n) is 8.36. The fraction of sp³-hybridized carbons (Fsp3) is 0.360. The normalized spacial score (nSPS) is 19.5. The van der Waals surface area contributed by atoms with Crippen molar-refractivity contribution in [3.63, 3.8) is 0 Å². The summed E-state index contributed by atoms with van der Waals surface area (Å²) in [5.74, 6) is -0.804. The lowest BCUT2D eigenvalue weighted by Crippen LogP contribution is -2.41. The third-order valence-corrected chi connectivity index (χ3v) is 6.11. The number of halogens is 1. The lowest BCUT2D eigenvalue weighted by Gasteiger charge is -2.34. The van der Waals surface area contributed by atoms with Gasteiger partial charge in [-0.3, -0.25) is 14.5 Å². The lowest BCUT2D eigenvalue weighted by molar-refractivity contribution is -0.137. The molecule has 0 aliphatic carbocycles. The molecule has 0 spiro atoms. The molecule has 4 rings (SSSR count). The average Bonchev–Trinajstić information content (AvgIpc) is 3.03. The molecule has 2 aliphatic rings. The zero-order valence-corrected chi connectivity index (χ0v) is 17.7. The van der Waals surface area contributed by atoms with Gasteiger partial charge in [0.2, 0.25) is 0 Å². The molecule has 2 aliphatic heterocycles. The predicted molar refractivity (Wildman–Crippen MR) is 116 cm³/mol. The minimum Gasteiger partial charge on any atom is -0.396 e. The first kappa shape index (κ1) is 21.2. The van der Waals surface area contributed by atoms with Crippen LogP contribution in [-0.2, 0) is 16.0 Å². The molecule has 6 heteroatoms. The number of amides is 2. The number of nitrogens with zero attached hydrogens (tertiary/aromatic N) is 2. The Hall–Kier alpha value is -2.99. The van der Waals surface area contributed by atoms with Crippen LogP contribution in [0.25, 0.3) is 5.57 Å². The Kier molecular flexibility index (Phi) is 6.18. The number of piperidine rings is 1. The van der Waals surface area contributed by atoms with E-state index in [0.29, 0.717) is 30.8 Å². The second-order valence-corrected chi connectivity index (χ2v) is 8.36. The van der Waals surface area contributed by atoms with Gasteiger partial charge >= 0.3 is 0 Å². The summed E-state index contributed by atoms with van der Waals surface area (Å²) in [5.41, 5.74) is 3.54. The number of hydrogen-bond acceptors (Lipinski definition) is 4. The summed E-state index contributed by atoms with van der Waals surface area (Å²) in [6.45, 7) is 3.53. The largest absolute Gasteiger partial charge is 0.396 e. The number of imide groups is 1. The van der Waals surface area contributed by atoms with Crippen molar-refractivity contribution < 1.29 is 19.1 Å². The topological polar surface area (TPSA) is 60.9 Å². The molecule has 1 atom stereocenters. The number of aliphatic hydroxyl groups is 1. The monoisotopic (exact) mass is 422 g/mol. The van der Waals surface area contributed by atoms with Crippen LogP contribution in [0.4, 0.5) is 4.39 Å². The molecule has 0 radical (unpaired) electrons. The van der Waals surface area contributed by atoms with Crippen molar-refractivity contribution in [3.05, 3.63) is 76.7 Å². The van der Waals surface area contributed by atoms with Crippen LogP contribution in [0, 0.1) is 18.7 Å². The van der Waals surface area contributed by atoms with E-state index in [2.05, 4.69) is 0 Å². The Balaban J connectivity index is 1.64. The standard InChI is InChI=1S/C25H27FN2O3/c1-17-4-8-20(9-5-17)22-23(27-13-2-3-19(15-27)16-29)25(31)28(24(22)30)14-12-18-6-10-21(26)11-7-18/h4-11,19,29H,2-3,12-16H2,1H3. The van der Waals surface area contributed by atoms with Crippen molar-refractivity contribution in [3.8, 4) is 0 Å². The summed E-state index contributed by atoms with van der Waals surface area (Å²) in [6, 6.07) is 13.7. The third kappa shape index (κ3) is 4.39. The van der Waals surface area contributed by atoms with E-state index < -0.39 is 0 Å². The molecule has 1 unspecified atom stereocenters. The smallest absolute Gasteiger partial charge is 0.277 e. The molecule has 0 bridgehead atoms. The van der Waals surface area contributed by atoms with Gasteiger partial charge in [0.15, 0.2) is 0 Å². The van der Waals surface area contributed by atoms with Crippen molar-refractivity contribution in [1.82, 2.24) is 9.80 Å². The van der Waals surface area contributed by atoms with E-state index in [9.17, 15) is 19.1 Å². The summed E-state index contributed by atoms with van der Waals surface area (Å²) in [7, 11) is 0. The van der Waals surface area contributed by atoms with E-state index in [1.165, 1.54) is 17.0 Å². The highest BCUT2D eigenvalue weighted by molar-refractivity contribution is 6.35. The highest BCUT2D eigenvalue weighted by Gasteiger charge is 2.42. The van der Waals surface area contributed by atoms with Crippen molar-refractivity contribution in [2.45, 2.75) is 26.2 Å². The van der Waals surface area contributed by atoms with Crippen molar-refractivity contribution in [2.75, 3.05) is 26.2 Å². The fourth-order valence-electron chi connectivity index (χ4n) is 4.35. The third-order valence-electron chi connectivity index (χ3n) is 6.11. The Labute approximate surface area is 181 Å². The van der Waals surface area contributed by atoms with Gasteiger partial charge in [-0.05, 0) is 55.4 Å². The Morgan fingerprint density at radius 1 is 1.03 bits per heavy atom.